The molecule has 2 aromatic rings. The fourth-order valence-electron chi connectivity index (χ4n) is 3.55. The molecule has 2 N–H and O–H groups in total. The van der Waals surface area contributed by atoms with Gasteiger partial charge < -0.3 is 24.8 Å². The van der Waals surface area contributed by atoms with Crippen molar-refractivity contribution in [3.8, 4) is 17.2 Å². The molecule has 0 aromatic heterocycles. The summed E-state index contributed by atoms with van der Waals surface area (Å²) < 4.78 is 16.2. The van der Waals surface area contributed by atoms with Gasteiger partial charge in [0.1, 0.15) is 17.2 Å². The van der Waals surface area contributed by atoms with E-state index in [0.717, 1.165) is 48.7 Å². The van der Waals surface area contributed by atoms with Crippen molar-refractivity contribution in [1.29, 1.82) is 0 Å². The summed E-state index contributed by atoms with van der Waals surface area (Å²) >= 11 is 0. The van der Waals surface area contributed by atoms with Crippen LogP contribution in [0.4, 0.5) is 0 Å². The Labute approximate surface area is 180 Å². The minimum absolute atomic E-state index is 0. The van der Waals surface area contributed by atoms with E-state index in [1.54, 1.807) is 21.3 Å². The third-order valence-electron chi connectivity index (χ3n) is 4.95. The first-order valence-corrected chi connectivity index (χ1v) is 9.06. The first kappa shape index (κ1) is 24.4. The smallest absolute Gasteiger partial charge is 0.123 e. The maximum absolute atomic E-state index is 5.50. The molecule has 3 rings (SSSR count). The van der Waals surface area contributed by atoms with Crippen LogP contribution in [0.1, 0.15) is 30.0 Å². The highest BCUT2D eigenvalue weighted by Crippen LogP contribution is 2.28. The number of rotatable bonds is 7. The SMILES string of the molecule is COc1cccc([C@H]2NCCC[C@H]2NCc2cc(OC)ccc2OC)c1.Cl.Cl. The van der Waals surface area contributed by atoms with Gasteiger partial charge in [-0.05, 0) is 55.3 Å². The van der Waals surface area contributed by atoms with Crippen molar-refractivity contribution in [1.82, 2.24) is 10.6 Å². The van der Waals surface area contributed by atoms with E-state index in [-0.39, 0.29) is 30.9 Å². The van der Waals surface area contributed by atoms with Crippen LogP contribution in [-0.2, 0) is 6.54 Å². The molecule has 1 saturated heterocycles. The van der Waals surface area contributed by atoms with Crippen LogP contribution in [-0.4, -0.2) is 33.9 Å². The number of ether oxygens (including phenoxy) is 3. The molecule has 156 valence electrons. The quantitative estimate of drug-likeness (QED) is 0.693. The van der Waals surface area contributed by atoms with Crippen LogP contribution in [0.3, 0.4) is 0 Å². The van der Waals surface area contributed by atoms with Gasteiger partial charge in [-0.2, -0.15) is 0 Å². The third-order valence-corrected chi connectivity index (χ3v) is 4.95. The largest absolute Gasteiger partial charge is 0.497 e. The molecule has 1 fully saturated rings. The molecule has 0 bridgehead atoms. The summed E-state index contributed by atoms with van der Waals surface area (Å²) in [7, 11) is 5.09. The monoisotopic (exact) mass is 428 g/mol. The first-order chi connectivity index (χ1) is 12.7. The molecule has 0 amide bonds. The van der Waals surface area contributed by atoms with Gasteiger partial charge in [0.05, 0.1) is 21.3 Å². The van der Waals surface area contributed by atoms with Gasteiger partial charge >= 0.3 is 0 Å². The zero-order valence-corrected chi connectivity index (χ0v) is 18.2. The fourth-order valence-corrected chi connectivity index (χ4v) is 3.55. The van der Waals surface area contributed by atoms with Crippen molar-refractivity contribution >= 4 is 24.8 Å². The second-order valence-electron chi connectivity index (χ2n) is 6.52. The summed E-state index contributed by atoms with van der Waals surface area (Å²) in [4.78, 5) is 0. The molecule has 1 aliphatic heterocycles. The zero-order chi connectivity index (χ0) is 18.4. The number of piperidine rings is 1. The predicted molar refractivity (Wildman–Crippen MR) is 118 cm³/mol. The number of hydrogen-bond donors (Lipinski definition) is 2. The Kier molecular flexibility index (Phi) is 10.5. The van der Waals surface area contributed by atoms with Crippen molar-refractivity contribution < 1.29 is 14.2 Å². The molecule has 0 aliphatic carbocycles. The molecule has 28 heavy (non-hydrogen) atoms. The predicted octanol–water partition coefficient (Wildman–Crippen LogP) is 4.14. The average molecular weight is 429 g/mol. The van der Waals surface area contributed by atoms with Crippen molar-refractivity contribution in [3.63, 3.8) is 0 Å². The lowest BCUT2D eigenvalue weighted by atomic mass is 9.92. The van der Waals surface area contributed by atoms with Gasteiger partial charge in [-0.25, -0.2) is 0 Å². The normalized spacial score (nSPS) is 18.4. The van der Waals surface area contributed by atoms with Crippen LogP contribution in [0.5, 0.6) is 17.2 Å². The highest BCUT2D eigenvalue weighted by Gasteiger charge is 2.26. The fraction of sp³-hybridized carbons (Fsp3) is 0.429. The van der Waals surface area contributed by atoms with E-state index >= 15 is 0 Å². The van der Waals surface area contributed by atoms with Crippen LogP contribution in [0.25, 0.3) is 0 Å². The Hall–Kier alpha value is -1.66. The first-order valence-electron chi connectivity index (χ1n) is 9.06. The summed E-state index contributed by atoms with van der Waals surface area (Å²) in [6.45, 7) is 1.76. The number of halogens is 2. The van der Waals surface area contributed by atoms with E-state index in [1.807, 2.05) is 30.3 Å². The highest BCUT2D eigenvalue weighted by molar-refractivity contribution is 5.85. The lowest BCUT2D eigenvalue weighted by molar-refractivity contribution is 0.301. The Balaban J connectivity index is 0.00000196. The second kappa shape index (κ2) is 12.0. The third kappa shape index (κ3) is 5.92. The maximum atomic E-state index is 5.50. The summed E-state index contributed by atoms with van der Waals surface area (Å²) in [5.74, 6) is 2.61. The van der Waals surface area contributed by atoms with Gasteiger partial charge in [-0.1, -0.05) is 12.1 Å². The van der Waals surface area contributed by atoms with Crippen molar-refractivity contribution in [3.05, 3.63) is 53.6 Å². The molecule has 0 unspecified atom stereocenters. The molecular formula is C21H30Cl2N2O3. The molecule has 1 aliphatic rings. The molecule has 5 nitrogen and oxygen atoms in total. The summed E-state index contributed by atoms with van der Waals surface area (Å²) in [6.07, 6.45) is 2.29. The lowest BCUT2D eigenvalue weighted by Crippen LogP contribution is -2.45. The Morgan fingerprint density at radius 3 is 2.43 bits per heavy atom. The number of benzene rings is 2. The second-order valence-corrected chi connectivity index (χ2v) is 6.52. The average Bonchev–Trinajstić information content (AvgIpc) is 2.72. The van der Waals surface area contributed by atoms with Crippen LogP contribution in [0.2, 0.25) is 0 Å². The van der Waals surface area contributed by atoms with Crippen molar-refractivity contribution in [2.75, 3.05) is 27.9 Å². The number of hydrogen-bond acceptors (Lipinski definition) is 5. The van der Waals surface area contributed by atoms with Crippen LogP contribution < -0.4 is 24.8 Å². The summed E-state index contributed by atoms with van der Waals surface area (Å²) in [5.41, 5.74) is 2.35. The number of methoxy groups -OCH3 is 3. The Morgan fingerprint density at radius 2 is 1.71 bits per heavy atom. The Morgan fingerprint density at radius 1 is 0.964 bits per heavy atom. The van der Waals surface area contributed by atoms with E-state index in [4.69, 9.17) is 14.2 Å². The van der Waals surface area contributed by atoms with Crippen LogP contribution >= 0.6 is 24.8 Å². The van der Waals surface area contributed by atoms with Crippen LogP contribution in [0, 0.1) is 0 Å². The minimum atomic E-state index is 0. The van der Waals surface area contributed by atoms with Crippen molar-refractivity contribution in [2.24, 2.45) is 0 Å². The summed E-state index contributed by atoms with van der Waals surface area (Å²) in [5, 5.41) is 7.36. The van der Waals surface area contributed by atoms with Crippen LogP contribution in [0.15, 0.2) is 42.5 Å². The van der Waals surface area contributed by atoms with Gasteiger partial charge in [0, 0.05) is 24.2 Å². The van der Waals surface area contributed by atoms with E-state index in [1.165, 1.54) is 5.56 Å². The van der Waals surface area contributed by atoms with E-state index in [2.05, 4.69) is 22.8 Å². The highest BCUT2D eigenvalue weighted by atomic mass is 35.5. The van der Waals surface area contributed by atoms with Gasteiger partial charge in [-0.15, -0.1) is 24.8 Å². The Bertz CT molecular complexity index is 731. The maximum Gasteiger partial charge on any atom is 0.123 e. The minimum Gasteiger partial charge on any atom is -0.497 e. The molecular weight excluding hydrogens is 399 g/mol. The molecule has 0 saturated carbocycles. The molecule has 1 heterocycles. The molecule has 0 radical (unpaired) electrons. The number of nitrogens with one attached hydrogen (secondary N) is 2. The topological polar surface area (TPSA) is 51.8 Å². The van der Waals surface area contributed by atoms with E-state index in [0.29, 0.717) is 6.04 Å². The summed E-state index contributed by atoms with van der Waals surface area (Å²) in [6, 6.07) is 14.8. The van der Waals surface area contributed by atoms with Gasteiger partial charge in [-0.3, -0.25) is 0 Å². The molecule has 7 heteroatoms. The van der Waals surface area contributed by atoms with Gasteiger partial charge in [0.2, 0.25) is 0 Å². The molecule has 2 aromatic carbocycles. The van der Waals surface area contributed by atoms with Gasteiger partial charge in [0.25, 0.3) is 0 Å². The molecule has 0 spiro atoms. The molecule has 2 atom stereocenters. The lowest BCUT2D eigenvalue weighted by Gasteiger charge is -2.34. The standard InChI is InChI=1S/C21H28N2O3.2ClH/c1-24-17-7-4-6-15(12-17)21-19(8-5-11-22-21)23-14-16-13-18(25-2)9-10-20(16)26-3;;/h4,6-7,9-10,12-13,19,21-23H,5,8,11,14H2,1-3H3;2*1H/t19-,21-;;/m1../s1. The zero-order valence-electron chi connectivity index (χ0n) is 16.6. The van der Waals surface area contributed by atoms with Gasteiger partial charge in [0.15, 0.2) is 0 Å². The van der Waals surface area contributed by atoms with Crippen molar-refractivity contribution in [2.45, 2.75) is 31.5 Å². The van der Waals surface area contributed by atoms with E-state index < -0.39 is 0 Å². The van der Waals surface area contributed by atoms with E-state index in [9.17, 15) is 0 Å².